The molecule has 0 unspecified atom stereocenters. The quantitative estimate of drug-likeness (QED) is 0.647. The highest BCUT2D eigenvalue weighted by Gasteiger charge is 2.07. The summed E-state index contributed by atoms with van der Waals surface area (Å²) in [6.07, 6.45) is 2.01. The summed E-state index contributed by atoms with van der Waals surface area (Å²) in [6, 6.07) is 2.03. The first-order chi connectivity index (χ1) is 5.66. The monoisotopic (exact) mass is 164 g/mol. The third-order valence-electron chi connectivity index (χ3n) is 1.95. The Balaban J connectivity index is 2.57. The maximum Gasteiger partial charge on any atom is 0.222 e. The Morgan fingerprint density at radius 2 is 2.25 bits per heavy atom. The zero-order valence-corrected chi connectivity index (χ0v) is 7.53. The van der Waals surface area contributed by atoms with Gasteiger partial charge in [-0.05, 0) is 11.5 Å². The van der Waals surface area contributed by atoms with Gasteiger partial charge in [-0.2, -0.15) is 0 Å². The molecule has 0 saturated heterocycles. The first-order valence-electron chi connectivity index (χ1n) is 4.12. The highest BCUT2D eigenvalue weighted by molar-refractivity contribution is 5.39. The lowest BCUT2D eigenvalue weighted by Crippen LogP contribution is -1.84. The minimum atomic E-state index is 0.530. The molecule has 64 valence electrons. The fourth-order valence-corrected chi connectivity index (χ4v) is 1.24. The van der Waals surface area contributed by atoms with E-state index < -0.39 is 0 Å². The van der Waals surface area contributed by atoms with Gasteiger partial charge in [-0.15, -0.1) is 5.10 Å². The zero-order chi connectivity index (χ0) is 8.72. The Kier molecular flexibility index (Phi) is 1.46. The van der Waals surface area contributed by atoms with Gasteiger partial charge in [0.15, 0.2) is 0 Å². The van der Waals surface area contributed by atoms with Crippen LogP contribution in [-0.2, 0) is 0 Å². The number of nitrogens with zero attached hydrogens (tertiary/aromatic N) is 2. The van der Waals surface area contributed by atoms with Crippen molar-refractivity contribution in [2.45, 2.75) is 26.7 Å². The molecule has 0 aliphatic heterocycles. The maximum absolute atomic E-state index is 5.35. The van der Waals surface area contributed by atoms with Crippen molar-refractivity contribution in [3.05, 3.63) is 23.7 Å². The second-order valence-corrected chi connectivity index (χ2v) is 3.33. The fraction of sp³-hybridized carbons (Fsp3) is 0.444. The molecule has 0 aliphatic rings. The Bertz CT molecular complexity index is 366. The minimum Gasteiger partial charge on any atom is -0.423 e. The van der Waals surface area contributed by atoms with Crippen LogP contribution in [0.15, 0.2) is 16.7 Å². The summed E-state index contributed by atoms with van der Waals surface area (Å²) < 4.78 is 7.13. The number of aryl methyl sites for hydroxylation is 1. The van der Waals surface area contributed by atoms with E-state index in [1.807, 2.05) is 19.2 Å². The number of fused-ring (bicyclic) bond motifs is 1. The van der Waals surface area contributed by atoms with Crippen LogP contribution in [0.3, 0.4) is 0 Å². The molecule has 0 N–H and O–H groups in total. The molecule has 0 bridgehead atoms. The third-order valence-corrected chi connectivity index (χ3v) is 1.95. The molecular formula is C9H12N2O. The Morgan fingerprint density at radius 3 is 2.83 bits per heavy atom. The molecule has 0 saturated carbocycles. The van der Waals surface area contributed by atoms with Crippen molar-refractivity contribution in [1.82, 2.24) is 9.61 Å². The van der Waals surface area contributed by atoms with Crippen LogP contribution in [0, 0.1) is 6.92 Å². The molecule has 2 aromatic heterocycles. The van der Waals surface area contributed by atoms with Crippen molar-refractivity contribution in [3.63, 3.8) is 0 Å². The van der Waals surface area contributed by atoms with Gasteiger partial charge in [-0.25, -0.2) is 4.52 Å². The average Bonchev–Trinajstić information content (AvgIpc) is 2.42. The van der Waals surface area contributed by atoms with Crippen LogP contribution in [0.4, 0.5) is 0 Å². The molecule has 2 aromatic rings. The Hall–Kier alpha value is -1.25. The van der Waals surface area contributed by atoms with Crippen molar-refractivity contribution < 1.29 is 4.42 Å². The van der Waals surface area contributed by atoms with Crippen LogP contribution in [0.5, 0.6) is 0 Å². The maximum atomic E-state index is 5.35. The number of aromatic nitrogens is 2. The molecule has 0 spiro atoms. The number of hydrogen-bond acceptors (Lipinski definition) is 2. The minimum absolute atomic E-state index is 0.530. The molecule has 0 amide bonds. The first kappa shape index (κ1) is 7.40. The zero-order valence-electron chi connectivity index (χ0n) is 7.53. The van der Waals surface area contributed by atoms with Crippen LogP contribution in [-0.4, -0.2) is 9.61 Å². The number of hydrogen-bond donors (Lipinski definition) is 0. The molecule has 0 aromatic carbocycles. The normalized spacial score (nSPS) is 11.7. The second kappa shape index (κ2) is 2.37. The summed E-state index contributed by atoms with van der Waals surface area (Å²) in [4.78, 5) is 0. The summed E-state index contributed by atoms with van der Waals surface area (Å²) in [5.74, 6) is 1.24. The molecule has 0 atom stereocenters. The molecule has 0 aliphatic carbocycles. The standard InChI is InChI=1S/C9H12N2O/c1-6(2)8-4-9-11(5-8)10-7(3)12-9/h4-6H,1-3H3. The highest BCUT2D eigenvalue weighted by atomic mass is 16.4. The lowest BCUT2D eigenvalue weighted by Gasteiger charge is -1.96. The van der Waals surface area contributed by atoms with Crippen molar-refractivity contribution in [2.24, 2.45) is 0 Å². The van der Waals surface area contributed by atoms with E-state index in [0.717, 1.165) is 5.71 Å². The van der Waals surface area contributed by atoms with Crippen molar-refractivity contribution in [1.29, 1.82) is 0 Å². The number of rotatable bonds is 1. The van der Waals surface area contributed by atoms with Crippen LogP contribution >= 0.6 is 0 Å². The SMILES string of the molecule is Cc1nn2cc(C(C)C)cc2o1. The molecule has 2 heterocycles. The molecule has 3 heteroatoms. The topological polar surface area (TPSA) is 30.4 Å². The van der Waals surface area contributed by atoms with Gasteiger partial charge < -0.3 is 4.42 Å². The molecule has 0 radical (unpaired) electrons. The average molecular weight is 164 g/mol. The predicted molar refractivity (Wildman–Crippen MR) is 46.3 cm³/mol. The van der Waals surface area contributed by atoms with Gasteiger partial charge in [0, 0.05) is 19.2 Å². The van der Waals surface area contributed by atoms with E-state index in [-0.39, 0.29) is 0 Å². The first-order valence-corrected chi connectivity index (χ1v) is 4.12. The van der Waals surface area contributed by atoms with Gasteiger partial charge in [0.25, 0.3) is 0 Å². The lowest BCUT2D eigenvalue weighted by molar-refractivity contribution is 0.560. The fourth-order valence-electron chi connectivity index (χ4n) is 1.24. The van der Waals surface area contributed by atoms with Gasteiger partial charge in [0.2, 0.25) is 11.6 Å². The van der Waals surface area contributed by atoms with Crippen LogP contribution in [0.1, 0.15) is 31.2 Å². The van der Waals surface area contributed by atoms with E-state index in [9.17, 15) is 0 Å². The van der Waals surface area contributed by atoms with Gasteiger partial charge in [0.05, 0.1) is 0 Å². The van der Waals surface area contributed by atoms with E-state index in [0.29, 0.717) is 11.8 Å². The van der Waals surface area contributed by atoms with Crippen molar-refractivity contribution in [2.75, 3.05) is 0 Å². The largest absolute Gasteiger partial charge is 0.423 e. The Morgan fingerprint density at radius 1 is 1.50 bits per heavy atom. The van der Waals surface area contributed by atoms with Gasteiger partial charge in [-0.1, -0.05) is 13.8 Å². The summed E-state index contributed by atoms with van der Waals surface area (Å²) in [7, 11) is 0. The second-order valence-electron chi connectivity index (χ2n) is 3.33. The van der Waals surface area contributed by atoms with E-state index >= 15 is 0 Å². The van der Waals surface area contributed by atoms with Gasteiger partial charge >= 0.3 is 0 Å². The van der Waals surface area contributed by atoms with Crippen LogP contribution < -0.4 is 0 Å². The molecule has 0 fully saturated rings. The van der Waals surface area contributed by atoms with Crippen molar-refractivity contribution >= 4 is 5.71 Å². The Labute approximate surface area is 71.0 Å². The van der Waals surface area contributed by atoms with Crippen LogP contribution in [0.2, 0.25) is 0 Å². The summed E-state index contributed by atoms with van der Waals surface area (Å²) >= 11 is 0. The highest BCUT2D eigenvalue weighted by Crippen LogP contribution is 2.18. The summed E-state index contributed by atoms with van der Waals surface area (Å²) in [6.45, 7) is 6.16. The molecule has 12 heavy (non-hydrogen) atoms. The summed E-state index contributed by atoms with van der Waals surface area (Å²) in [5.41, 5.74) is 2.09. The smallest absolute Gasteiger partial charge is 0.222 e. The van der Waals surface area contributed by atoms with Gasteiger partial charge in [-0.3, -0.25) is 0 Å². The van der Waals surface area contributed by atoms with E-state index in [1.54, 1.807) is 4.52 Å². The van der Waals surface area contributed by atoms with E-state index in [1.165, 1.54) is 5.56 Å². The lowest BCUT2D eigenvalue weighted by atomic mass is 10.1. The van der Waals surface area contributed by atoms with Gasteiger partial charge in [0.1, 0.15) is 0 Å². The van der Waals surface area contributed by atoms with Crippen molar-refractivity contribution in [3.8, 4) is 0 Å². The summed E-state index contributed by atoms with van der Waals surface area (Å²) in [5, 5.41) is 4.17. The van der Waals surface area contributed by atoms with E-state index in [2.05, 4.69) is 18.9 Å². The molecule has 2 rings (SSSR count). The molecule has 3 nitrogen and oxygen atoms in total. The molecular weight excluding hydrogens is 152 g/mol. The van der Waals surface area contributed by atoms with Crippen LogP contribution in [0.25, 0.3) is 5.71 Å². The van der Waals surface area contributed by atoms with E-state index in [4.69, 9.17) is 4.42 Å². The third kappa shape index (κ3) is 1.02. The predicted octanol–water partition coefficient (Wildman–Crippen LogP) is 2.36.